The fourth-order valence-electron chi connectivity index (χ4n) is 1.77. The van der Waals surface area contributed by atoms with E-state index in [1.807, 2.05) is 0 Å². The first-order valence-electron chi connectivity index (χ1n) is 5.91. The van der Waals surface area contributed by atoms with Gasteiger partial charge >= 0.3 is 6.18 Å². The summed E-state index contributed by atoms with van der Waals surface area (Å²) in [5.41, 5.74) is -1.53. The van der Waals surface area contributed by atoms with Gasteiger partial charge in [0.1, 0.15) is 0 Å². The first-order chi connectivity index (χ1) is 10.1. The molecule has 0 fully saturated rings. The Morgan fingerprint density at radius 1 is 1.14 bits per heavy atom. The monoisotopic (exact) mass is 350 g/mol. The van der Waals surface area contributed by atoms with Crippen molar-refractivity contribution in [3.8, 4) is 0 Å². The number of pyridine rings is 1. The first-order valence-corrected chi connectivity index (χ1v) is 7.72. The van der Waals surface area contributed by atoms with Crippen LogP contribution < -0.4 is 4.31 Å². The van der Waals surface area contributed by atoms with Crippen molar-refractivity contribution < 1.29 is 21.6 Å². The van der Waals surface area contributed by atoms with Crippen LogP contribution in [0.1, 0.15) is 5.56 Å². The third kappa shape index (κ3) is 3.17. The van der Waals surface area contributed by atoms with Crippen LogP contribution in [-0.2, 0) is 16.2 Å². The fourth-order valence-corrected chi connectivity index (χ4v) is 3.01. The number of benzene rings is 1. The van der Waals surface area contributed by atoms with Gasteiger partial charge in [-0.25, -0.2) is 4.98 Å². The van der Waals surface area contributed by atoms with E-state index in [0.29, 0.717) is 4.31 Å². The second kappa shape index (κ2) is 5.77. The van der Waals surface area contributed by atoms with Gasteiger partial charge in [-0.2, -0.15) is 21.6 Å². The normalized spacial score (nSPS) is 12.2. The maximum atomic E-state index is 13.0. The number of halogens is 4. The zero-order valence-corrected chi connectivity index (χ0v) is 12.7. The molecular formula is C13H10ClF3N2O2S. The number of alkyl halides is 3. The molecule has 0 amide bonds. The minimum atomic E-state index is -4.67. The van der Waals surface area contributed by atoms with E-state index in [2.05, 4.69) is 4.98 Å². The number of aromatic nitrogens is 1. The molecule has 0 unspecified atom stereocenters. The predicted octanol–water partition coefficient (Wildman–Crippen LogP) is 3.58. The molecule has 0 aliphatic heterocycles. The lowest BCUT2D eigenvalue weighted by Crippen LogP contribution is -2.29. The number of para-hydroxylation sites is 1. The molecule has 4 nitrogen and oxygen atoms in total. The lowest BCUT2D eigenvalue weighted by molar-refractivity contribution is -0.137. The third-order valence-electron chi connectivity index (χ3n) is 2.87. The molecule has 9 heteroatoms. The highest BCUT2D eigenvalue weighted by molar-refractivity contribution is 7.92. The Labute approximate surface area is 130 Å². The lowest BCUT2D eigenvalue weighted by atomic mass is 10.2. The summed E-state index contributed by atoms with van der Waals surface area (Å²) in [5.74, 6) is 0. The molecule has 1 aromatic heterocycles. The molecule has 1 aromatic carbocycles. The average Bonchev–Trinajstić information content (AvgIpc) is 2.46. The van der Waals surface area contributed by atoms with Crippen molar-refractivity contribution in [2.45, 2.75) is 11.2 Å². The second-order valence-corrected chi connectivity index (χ2v) is 6.65. The maximum Gasteiger partial charge on any atom is 0.418 e. The van der Waals surface area contributed by atoms with Crippen molar-refractivity contribution in [3.05, 3.63) is 53.2 Å². The molecule has 0 radical (unpaired) electrons. The molecular weight excluding hydrogens is 341 g/mol. The largest absolute Gasteiger partial charge is 0.418 e. The maximum absolute atomic E-state index is 13.0. The van der Waals surface area contributed by atoms with E-state index in [9.17, 15) is 21.6 Å². The summed E-state index contributed by atoms with van der Waals surface area (Å²) in [7, 11) is -3.19. The highest BCUT2D eigenvalue weighted by Crippen LogP contribution is 2.37. The van der Waals surface area contributed by atoms with Crippen molar-refractivity contribution in [1.82, 2.24) is 4.98 Å². The Kier molecular flexibility index (Phi) is 4.35. The van der Waals surface area contributed by atoms with Crippen LogP contribution in [0.15, 0.2) is 47.6 Å². The molecule has 0 bridgehead atoms. The van der Waals surface area contributed by atoms with Crippen LogP contribution in [0.25, 0.3) is 0 Å². The average molecular weight is 351 g/mol. The van der Waals surface area contributed by atoms with Crippen molar-refractivity contribution in [2.75, 3.05) is 11.4 Å². The Bertz CT molecular complexity index is 777. The SMILES string of the molecule is CN(c1ccccc1C(F)(F)F)S(=O)(=O)c1ccc(Cl)cn1. The summed E-state index contributed by atoms with van der Waals surface area (Å²) in [6.07, 6.45) is -3.56. The lowest BCUT2D eigenvalue weighted by Gasteiger charge is -2.22. The van der Waals surface area contributed by atoms with Crippen LogP contribution in [0, 0.1) is 0 Å². The van der Waals surface area contributed by atoms with Gasteiger partial charge in [-0.3, -0.25) is 4.31 Å². The molecule has 0 saturated heterocycles. The summed E-state index contributed by atoms with van der Waals surface area (Å²) < 4.78 is 64.3. The Morgan fingerprint density at radius 2 is 1.77 bits per heavy atom. The molecule has 0 aliphatic carbocycles. The van der Waals surface area contributed by atoms with Crippen LogP contribution in [0.4, 0.5) is 18.9 Å². The van der Waals surface area contributed by atoms with Crippen LogP contribution in [0.3, 0.4) is 0 Å². The van der Waals surface area contributed by atoms with Crippen LogP contribution in [-0.4, -0.2) is 20.4 Å². The molecule has 0 aliphatic rings. The standard InChI is InChI=1S/C13H10ClF3N2O2S/c1-19(11-5-3-2-4-10(11)13(15,16)17)22(20,21)12-7-6-9(14)8-18-12/h2-8H,1H3. The van der Waals surface area contributed by atoms with Gasteiger partial charge in [0.15, 0.2) is 5.03 Å². The molecule has 2 rings (SSSR count). The quantitative estimate of drug-likeness (QED) is 0.850. The summed E-state index contributed by atoms with van der Waals surface area (Å²) in [6, 6.07) is 6.83. The highest BCUT2D eigenvalue weighted by Gasteiger charge is 2.36. The fraction of sp³-hybridized carbons (Fsp3) is 0.154. The van der Waals surface area contributed by atoms with Gasteiger partial charge in [0.2, 0.25) is 0 Å². The molecule has 118 valence electrons. The van der Waals surface area contributed by atoms with Gasteiger partial charge in [0.05, 0.1) is 16.3 Å². The van der Waals surface area contributed by atoms with Crippen molar-refractivity contribution in [1.29, 1.82) is 0 Å². The topological polar surface area (TPSA) is 50.3 Å². The smallest absolute Gasteiger partial charge is 0.268 e. The van der Waals surface area contributed by atoms with Gasteiger partial charge in [-0.15, -0.1) is 0 Å². The molecule has 0 spiro atoms. The van der Waals surface area contributed by atoms with Crippen molar-refractivity contribution in [2.24, 2.45) is 0 Å². The van der Waals surface area contributed by atoms with E-state index in [0.717, 1.165) is 31.4 Å². The molecule has 0 saturated carbocycles. The summed E-state index contributed by atoms with van der Waals surface area (Å²) in [5, 5.41) is -0.173. The number of rotatable bonds is 3. The Morgan fingerprint density at radius 3 is 2.32 bits per heavy atom. The number of hydrogen-bond acceptors (Lipinski definition) is 3. The van der Waals surface area contributed by atoms with E-state index < -0.39 is 32.5 Å². The number of anilines is 1. The second-order valence-electron chi connectivity index (χ2n) is 4.30. The van der Waals surface area contributed by atoms with E-state index in [1.165, 1.54) is 18.2 Å². The predicted molar refractivity (Wildman–Crippen MR) is 76.3 cm³/mol. The summed E-state index contributed by atoms with van der Waals surface area (Å²) in [4.78, 5) is 3.65. The highest BCUT2D eigenvalue weighted by atomic mass is 35.5. The van der Waals surface area contributed by atoms with E-state index >= 15 is 0 Å². The van der Waals surface area contributed by atoms with Crippen LogP contribution >= 0.6 is 11.6 Å². The van der Waals surface area contributed by atoms with E-state index in [1.54, 1.807) is 0 Å². The summed E-state index contributed by atoms with van der Waals surface area (Å²) in [6.45, 7) is 0. The van der Waals surface area contributed by atoms with Gasteiger partial charge in [0, 0.05) is 13.2 Å². The molecule has 2 aromatic rings. The molecule has 0 atom stereocenters. The first kappa shape index (κ1) is 16.6. The number of sulfonamides is 1. The van der Waals surface area contributed by atoms with Crippen molar-refractivity contribution >= 4 is 27.3 Å². The summed E-state index contributed by atoms with van der Waals surface area (Å²) >= 11 is 5.62. The Balaban J connectivity index is 2.52. The minimum absolute atomic E-state index is 0.220. The van der Waals surface area contributed by atoms with Gasteiger partial charge in [-0.05, 0) is 24.3 Å². The number of nitrogens with zero attached hydrogens (tertiary/aromatic N) is 2. The van der Waals surface area contributed by atoms with E-state index in [4.69, 9.17) is 11.6 Å². The zero-order chi connectivity index (χ0) is 16.5. The zero-order valence-electron chi connectivity index (χ0n) is 11.2. The number of hydrogen-bond donors (Lipinski definition) is 0. The van der Waals surface area contributed by atoms with Crippen LogP contribution in [0.2, 0.25) is 5.02 Å². The molecule has 0 N–H and O–H groups in total. The van der Waals surface area contributed by atoms with Crippen molar-refractivity contribution in [3.63, 3.8) is 0 Å². The molecule has 22 heavy (non-hydrogen) atoms. The van der Waals surface area contributed by atoms with E-state index in [-0.39, 0.29) is 5.02 Å². The van der Waals surface area contributed by atoms with Gasteiger partial charge in [-0.1, -0.05) is 23.7 Å². The van der Waals surface area contributed by atoms with Gasteiger partial charge < -0.3 is 0 Å². The molecule has 1 heterocycles. The minimum Gasteiger partial charge on any atom is -0.268 e. The Hall–Kier alpha value is -1.80. The van der Waals surface area contributed by atoms with Gasteiger partial charge in [0.25, 0.3) is 10.0 Å². The van der Waals surface area contributed by atoms with Crippen LogP contribution in [0.5, 0.6) is 0 Å². The third-order valence-corrected chi connectivity index (χ3v) is 4.79.